The van der Waals surface area contributed by atoms with E-state index in [1.807, 2.05) is 0 Å². The average Bonchev–Trinajstić information content (AvgIpc) is 3.55. The first-order chi connectivity index (χ1) is 15.7. The standard InChI is InChI=1S/C23H24ClF3N2O4/c1-32-15-10-29(11-15)21(30)13-4-6-28(7-5-13)22(31)20-18(24)16-8-14(12-2-3-12)9-17(19(16)33-20)23(25,26)27/h8-9,12-13,15H,2-7,10-11H2,1H3. The van der Waals surface area contributed by atoms with Gasteiger partial charge in [-0.25, -0.2) is 0 Å². The molecule has 0 radical (unpaired) electrons. The summed E-state index contributed by atoms with van der Waals surface area (Å²) >= 11 is 6.38. The molecule has 2 aromatic rings. The summed E-state index contributed by atoms with van der Waals surface area (Å²) in [5.41, 5.74) is -0.746. The summed E-state index contributed by atoms with van der Waals surface area (Å²) in [6, 6.07) is 2.71. The van der Waals surface area contributed by atoms with Crippen molar-refractivity contribution < 1.29 is 31.9 Å². The summed E-state index contributed by atoms with van der Waals surface area (Å²) in [5.74, 6) is -0.870. The van der Waals surface area contributed by atoms with E-state index < -0.39 is 23.2 Å². The van der Waals surface area contributed by atoms with E-state index in [1.165, 1.54) is 4.90 Å². The molecule has 1 aromatic carbocycles. The molecular weight excluding hydrogens is 461 g/mol. The van der Waals surface area contributed by atoms with Crippen LogP contribution >= 0.6 is 11.6 Å². The first kappa shape index (κ1) is 22.5. The molecule has 1 aliphatic carbocycles. The minimum atomic E-state index is -4.62. The summed E-state index contributed by atoms with van der Waals surface area (Å²) in [6.07, 6.45) is -1.91. The van der Waals surface area contributed by atoms with Gasteiger partial charge in [-0.15, -0.1) is 0 Å². The monoisotopic (exact) mass is 484 g/mol. The lowest BCUT2D eigenvalue weighted by molar-refractivity contribution is -0.148. The predicted molar refractivity (Wildman–Crippen MR) is 114 cm³/mol. The SMILES string of the molecule is COC1CN(C(=O)C2CCN(C(=O)c3oc4c(C(F)(F)F)cc(C5CC5)cc4c3Cl)CC2)C1. The van der Waals surface area contributed by atoms with E-state index in [0.717, 1.165) is 18.9 Å². The molecular formula is C23H24ClF3N2O4. The fraction of sp³-hybridized carbons (Fsp3) is 0.565. The lowest BCUT2D eigenvalue weighted by Gasteiger charge is -2.41. The minimum absolute atomic E-state index is 0.0552. The quantitative estimate of drug-likeness (QED) is 0.631. The normalized spacial score (nSPS) is 20.4. The molecule has 0 N–H and O–H groups in total. The summed E-state index contributed by atoms with van der Waals surface area (Å²) in [4.78, 5) is 28.9. The van der Waals surface area contributed by atoms with Crippen molar-refractivity contribution in [1.29, 1.82) is 0 Å². The predicted octanol–water partition coefficient (Wildman–Crippen LogP) is 4.69. The number of halogens is 4. The number of alkyl halides is 3. The number of piperidine rings is 1. The first-order valence-electron chi connectivity index (χ1n) is 11.1. The van der Waals surface area contributed by atoms with Crippen molar-refractivity contribution in [3.05, 3.63) is 34.0 Å². The summed E-state index contributed by atoms with van der Waals surface area (Å²) < 4.78 is 51.8. The number of furan rings is 1. The smallest absolute Gasteiger partial charge is 0.420 e. The molecule has 0 spiro atoms. The number of fused-ring (bicyclic) bond motifs is 1. The number of carbonyl (C=O) groups excluding carboxylic acids is 2. The second-order valence-electron chi connectivity index (χ2n) is 9.13. The van der Waals surface area contributed by atoms with E-state index >= 15 is 0 Å². The van der Waals surface area contributed by atoms with Crippen molar-refractivity contribution in [2.24, 2.45) is 5.92 Å². The molecule has 0 unspecified atom stereocenters. The van der Waals surface area contributed by atoms with Crippen LogP contribution < -0.4 is 0 Å². The Morgan fingerprint density at radius 3 is 2.33 bits per heavy atom. The maximum atomic E-state index is 13.7. The highest BCUT2D eigenvalue weighted by molar-refractivity contribution is 6.38. The second-order valence-corrected chi connectivity index (χ2v) is 9.51. The van der Waals surface area contributed by atoms with E-state index in [1.54, 1.807) is 18.1 Å². The van der Waals surface area contributed by atoms with Crippen LogP contribution in [0.5, 0.6) is 0 Å². The molecule has 1 aromatic heterocycles. The van der Waals surface area contributed by atoms with Gasteiger partial charge in [-0.05, 0) is 49.3 Å². The molecule has 0 atom stereocenters. The maximum Gasteiger partial charge on any atom is 0.420 e. The highest BCUT2D eigenvalue weighted by atomic mass is 35.5. The highest BCUT2D eigenvalue weighted by Gasteiger charge is 2.40. The highest BCUT2D eigenvalue weighted by Crippen LogP contribution is 2.47. The number of hydrogen-bond acceptors (Lipinski definition) is 4. The molecule has 1 saturated carbocycles. The Labute approximate surface area is 193 Å². The zero-order valence-corrected chi connectivity index (χ0v) is 18.8. The Bertz CT molecular complexity index is 1100. The van der Waals surface area contributed by atoms with Gasteiger partial charge in [-0.3, -0.25) is 9.59 Å². The minimum Gasteiger partial charge on any atom is -0.449 e. The fourth-order valence-electron chi connectivity index (χ4n) is 4.69. The molecule has 2 aliphatic heterocycles. The van der Waals surface area contributed by atoms with Gasteiger partial charge in [0.2, 0.25) is 11.7 Å². The van der Waals surface area contributed by atoms with Crippen LogP contribution in [0.15, 0.2) is 16.5 Å². The van der Waals surface area contributed by atoms with Crippen LogP contribution in [-0.4, -0.2) is 61.0 Å². The van der Waals surface area contributed by atoms with Crippen LogP contribution in [-0.2, 0) is 15.7 Å². The van der Waals surface area contributed by atoms with Crippen LogP contribution in [0.25, 0.3) is 11.0 Å². The van der Waals surface area contributed by atoms with Crippen molar-refractivity contribution in [2.75, 3.05) is 33.3 Å². The van der Waals surface area contributed by atoms with Crippen molar-refractivity contribution in [2.45, 2.75) is 43.9 Å². The Kier molecular flexibility index (Phi) is 5.60. The van der Waals surface area contributed by atoms with E-state index in [-0.39, 0.29) is 40.0 Å². The molecule has 2 amide bonds. The zero-order valence-electron chi connectivity index (χ0n) is 18.1. The van der Waals surface area contributed by atoms with Crippen molar-refractivity contribution >= 4 is 34.4 Å². The molecule has 3 heterocycles. The second kappa shape index (κ2) is 8.20. The van der Waals surface area contributed by atoms with Crippen LogP contribution in [0.2, 0.25) is 5.02 Å². The number of hydrogen-bond donors (Lipinski definition) is 0. The van der Waals surface area contributed by atoms with E-state index in [0.29, 0.717) is 44.6 Å². The number of nitrogens with zero attached hydrogens (tertiary/aromatic N) is 2. The van der Waals surface area contributed by atoms with Gasteiger partial charge in [0.15, 0.2) is 0 Å². The molecule has 0 bridgehead atoms. The topological polar surface area (TPSA) is 63.0 Å². The Morgan fingerprint density at radius 2 is 1.76 bits per heavy atom. The average molecular weight is 485 g/mol. The zero-order chi connectivity index (χ0) is 23.5. The molecule has 33 heavy (non-hydrogen) atoms. The first-order valence-corrected chi connectivity index (χ1v) is 11.5. The third kappa shape index (κ3) is 4.10. The van der Waals surface area contributed by atoms with Gasteiger partial charge in [-0.2, -0.15) is 13.2 Å². The Morgan fingerprint density at radius 1 is 1.09 bits per heavy atom. The van der Waals surface area contributed by atoms with Gasteiger partial charge in [0.05, 0.1) is 16.7 Å². The lowest BCUT2D eigenvalue weighted by Crippen LogP contribution is -2.57. The molecule has 3 aliphatic rings. The number of amides is 2. The van der Waals surface area contributed by atoms with Gasteiger partial charge in [0, 0.05) is 44.6 Å². The van der Waals surface area contributed by atoms with E-state index in [9.17, 15) is 22.8 Å². The lowest BCUT2D eigenvalue weighted by atomic mass is 9.93. The number of ether oxygens (including phenoxy) is 1. The van der Waals surface area contributed by atoms with Gasteiger partial charge in [-0.1, -0.05) is 11.6 Å². The number of rotatable bonds is 4. The Hall–Kier alpha value is -2.26. The van der Waals surface area contributed by atoms with E-state index in [4.69, 9.17) is 20.8 Å². The van der Waals surface area contributed by atoms with Gasteiger partial charge >= 0.3 is 6.18 Å². The molecule has 2 saturated heterocycles. The van der Waals surface area contributed by atoms with Crippen molar-refractivity contribution in [1.82, 2.24) is 9.80 Å². The summed E-state index contributed by atoms with van der Waals surface area (Å²) in [6.45, 7) is 1.77. The Balaban J connectivity index is 1.34. The number of carbonyl (C=O) groups is 2. The van der Waals surface area contributed by atoms with Crippen LogP contribution in [0.4, 0.5) is 13.2 Å². The largest absolute Gasteiger partial charge is 0.449 e. The van der Waals surface area contributed by atoms with Crippen molar-refractivity contribution in [3.63, 3.8) is 0 Å². The van der Waals surface area contributed by atoms with Crippen molar-refractivity contribution in [3.8, 4) is 0 Å². The fourth-order valence-corrected chi connectivity index (χ4v) is 4.95. The molecule has 6 nitrogen and oxygen atoms in total. The maximum absolute atomic E-state index is 13.7. The number of methoxy groups -OCH3 is 1. The third-order valence-corrected chi connectivity index (χ3v) is 7.30. The molecule has 3 fully saturated rings. The van der Waals surface area contributed by atoms with Crippen LogP contribution in [0.1, 0.15) is 53.3 Å². The van der Waals surface area contributed by atoms with Crippen LogP contribution in [0, 0.1) is 5.92 Å². The summed E-state index contributed by atoms with van der Waals surface area (Å²) in [7, 11) is 1.62. The molecule has 5 rings (SSSR count). The van der Waals surface area contributed by atoms with Gasteiger partial charge in [0.25, 0.3) is 5.91 Å². The molecule has 178 valence electrons. The number of benzene rings is 1. The van der Waals surface area contributed by atoms with Gasteiger partial charge < -0.3 is 19.0 Å². The third-order valence-electron chi connectivity index (χ3n) is 6.92. The van der Waals surface area contributed by atoms with E-state index in [2.05, 4.69) is 0 Å². The van der Waals surface area contributed by atoms with Crippen LogP contribution in [0.3, 0.4) is 0 Å². The molecule has 10 heteroatoms. The summed E-state index contributed by atoms with van der Waals surface area (Å²) in [5, 5.41) is 0.0275. The number of likely N-dealkylation sites (tertiary alicyclic amines) is 2. The van der Waals surface area contributed by atoms with Gasteiger partial charge in [0.1, 0.15) is 5.58 Å².